The molecule has 0 aliphatic carbocycles. The standard InChI is InChI=1S/C22H26N2O5S/c1-17-8-9-18(2)20(14-17)22(26)29-15-21(25)23-10-12-24(13-11-23)30(27,28)16-19-6-4-3-5-7-19/h3-9,14H,10-13,15-16H2,1-2H3. The van der Waals surface area contributed by atoms with Crippen molar-refractivity contribution in [3.63, 3.8) is 0 Å². The highest BCUT2D eigenvalue weighted by Gasteiger charge is 2.29. The Balaban J connectivity index is 1.50. The van der Waals surface area contributed by atoms with Crippen LogP contribution in [-0.4, -0.2) is 62.3 Å². The van der Waals surface area contributed by atoms with Gasteiger partial charge < -0.3 is 9.64 Å². The van der Waals surface area contributed by atoms with Crippen molar-refractivity contribution in [2.45, 2.75) is 19.6 Å². The Kier molecular flexibility index (Phi) is 6.89. The van der Waals surface area contributed by atoms with Crippen molar-refractivity contribution >= 4 is 21.9 Å². The van der Waals surface area contributed by atoms with Crippen LogP contribution >= 0.6 is 0 Å². The van der Waals surface area contributed by atoms with E-state index in [0.717, 1.165) is 16.7 Å². The van der Waals surface area contributed by atoms with E-state index in [1.807, 2.05) is 32.0 Å². The Morgan fingerprint density at radius 2 is 1.63 bits per heavy atom. The summed E-state index contributed by atoms with van der Waals surface area (Å²) in [5.41, 5.74) is 2.90. The summed E-state index contributed by atoms with van der Waals surface area (Å²) in [6.45, 7) is 4.34. The third-order valence-corrected chi connectivity index (χ3v) is 6.97. The molecule has 3 rings (SSSR count). The quantitative estimate of drug-likeness (QED) is 0.656. The molecule has 0 spiro atoms. The Morgan fingerprint density at radius 1 is 0.967 bits per heavy atom. The van der Waals surface area contributed by atoms with E-state index in [2.05, 4.69) is 0 Å². The molecule has 1 heterocycles. The summed E-state index contributed by atoms with van der Waals surface area (Å²) in [6.07, 6.45) is 0. The number of sulfonamides is 1. The van der Waals surface area contributed by atoms with Crippen molar-refractivity contribution in [2.75, 3.05) is 32.8 Å². The molecule has 0 unspecified atom stereocenters. The fourth-order valence-corrected chi connectivity index (χ4v) is 4.86. The summed E-state index contributed by atoms with van der Waals surface area (Å²) in [7, 11) is -3.45. The molecule has 160 valence electrons. The SMILES string of the molecule is Cc1ccc(C)c(C(=O)OCC(=O)N2CCN(S(=O)(=O)Cc3ccccc3)CC2)c1. The van der Waals surface area contributed by atoms with Gasteiger partial charge in [-0.15, -0.1) is 0 Å². The van der Waals surface area contributed by atoms with Gasteiger partial charge in [0, 0.05) is 26.2 Å². The molecule has 30 heavy (non-hydrogen) atoms. The molecule has 2 aromatic carbocycles. The molecule has 8 heteroatoms. The minimum atomic E-state index is -3.45. The average Bonchev–Trinajstić information content (AvgIpc) is 2.74. The number of nitrogens with zero attached hydrogens (tertiary/aromatic N) is 2. The highest BCUT2D eigenvalue weighted by atomic mass is 32.2. The van der Waals surface area contributed by atoms with Crippen molar-refractivity contribution in [2.24, 2.45) is 0 Å². The van der Waals surface area contributed by atoms with E-state index < -0.39 is 16.0 Å². The number of ether oxygens (including phenoxy) is 1. The molecule has 1 aliphatic rings. The maximum absolute atomic E-state index is 12.6. The van der Waals surface area contributed by atoms with Gasteiger partial charge in [-0.3, -0.25) is 4.79 Å². The number of hydrogen-bond donors (Lipinski definition) is 0. The third-order valence-electron chi connectivity index (χ3n) is 5.12. The maximum atomic E-state index is 12.6. The number of aryl methyl sites for hydroxylation is 2. The Hall–Kier alpha value is -2.71. The molecule has 1 saturated heterocycles. The van der Waals surface area contributed by atoms with Gasteiger partial charge in [0.2, 0.25) is 10.0 Å². The van der Waals surface area contributed by atoms with Gasteiger partial charge in [0.1, 0.15) is 0 Å². The lowest BCUT2D eigenvalue weighted by Gasteiger charge is -2.33. The Labute approximate surface area is 177 Å². The number of carbonyl (C=O) groups excluding carboxylic acids is 2. The predicted molar refractivity (Wildman–Crippen MR) is 113 cm³/mol. The van der Waals surface area contributed by atoms with Gasteiger partial charge in [0.25, 0.3) is 5.91 Å². The Bertz CT molecular complexity index is 1010. The van der Waals surface area contributed by atoms with Crippen LogP contribution in [0.2, 0.25) is 0 Å². The molecule has 0 aromatic heterocycles. The monoisotopic (exact) mass is 430 g/mol. The van der Waals surface area contributed by atoms with E-state index in [1.54, 1.807) is 30.3 Å². The second kappa shape index (κ2) is 9.40. The molecule has 0 N–H and O–H groups in total. The van der Waals surface area contributed by atoms with Gasteiger partial charge in [0.15, 0.2) is 6.61 Å². The van der Waals surface area contributed by atoms with Crippen LogP contribution in [0.25, 0.3) is 0 Å². The minimum absolute atomic E-state index is 0.0603. The highest BCUT2D eigenvalue weighted by molar-refractivity contribution is 7.88. The van der Waals surface area contributed by atoms with E-state index in [1.165, 1.54) is 9.21 Å². The molecule has 1 aliphatic heterocycles. The lowest BCUT2D eigenvalue weighted by molar-refractivity contribution is -0.135. The Morgan fingerprint density at radius 3 is 2.30 bits per heavy atom. The first kappa shape index (κ1) is 22.0. The van der Waals surface area contributed by atoms with Crippen LogP contribution in [-0.2, 0) is 25.3 Å². The molecule has 0 saturated carbocycles. The second-order valence-electron chi connectivity index (χ2n) is 7.42. The van der Waals surface area contributed by atoms with E-state index in [-0.39, 0.29) is 44.4 Å². The summed E-state index contributed by atoms with van der Waals surface area (Å²) in [5.74, 6) is -0.919. The summed E-state index contributed by atoms with van der Waals surface area (Å²) < 4.78 is 31.8. The molecule has 0 radical (unpaired) electrons. The second-order valence-corrected chi connectivity index (χ2v) is 9.39. The van der Waals surface area contributed by atoms with E-state index in [9.17, 15) is 18.0 Å². The first-order valence-corrected chi connectivity index (χ1v) is 11.4. The maximum Gasteiger partial charge on any atom is 0.338 e. The molecule has 1 amide bonds. The van der Waals surface area contributed by atoms with E-state index in [4.69, 9.17) is 4.74 Å². The van der Waals surface area contributed by atoms with Crippen LogP contribution in [0, 0.1) is 13.8 Å². The normalized spacial score (nSPS) is 15.1. The van der Waals surface area contributed by atoms with Crippen molar-refractivity contribution in [1.29, 1.82) is 0 Å². The summed E-state index contributed by atoms with van der Waals surface area (Å²) in [4.78, 5) is 26.2. The number of rotatable bonds is 6. The van der Waals surface area contributed by atoms with Gasteiger partial charge in [-0.25, -0.2) is 13.2 Å². The number of hydrogen-bond acceptors (Lipinski definition) is 5. The van der Waals surface area contributed by atoms with Crippen LogP contribution in [0.1, 0.15) is 27.0 Å². The number of piperazine rings is 1. The van der Waals surface area contributed by atoms with Crippen molar-refractivity contribution in [3.05, 3.63) is 70.8 Å². The molecule has 1 fully saturated rings. The third kappa shape index (κ3) is 5.46. The molecular weight excluding hydrogens is 404 g/mol. The molecule has 2 aromatic rings. The van der Waals surface area contributed by atoms with Gasteiger partial charge in [-0.2, -0.15) is 4.31 Å². The van der Waals surface area contributed by atoms with Gasteiger partial charge >= 0.3 is 5.97 Å². The van der Waals surface area contributed by atoms with Crippen molar-refractivity contribution in [1.82, 2.24) is 9.21 Å². The first-order chi connectivity index (χ1) is 14.3. The minimum Gasteiger partial charge on any atom is -0.452 e. The van der Waals surface area contributed by atoms with E-state index in [0.29, 0.717) is 5.56 Å². The van der Waals surface area contributed by atoms with Crippen LogP contribution in [0.15, 0.2) is 48.5 Å². The number of esters is 1. The molecular formula is C22H26N2O5S. The molecule has 0 bridgehead atoms. The lowest BCUT2D eigenvalue weighted by Crippen LogP contribution is -2.51. The average molecular weight is 431 g/mol. The first-order valence-electron chi connectivity index (χ1n) is 9.80. The van der Waals surface area contributed by atoms with Crippen LogP contribution in [0.4, 0.5) is 0 Å². The zero-order chi connectivity index (χ0) is 21.7. The number of carbonyl (C=O) groups is 2. The largest absolute Gasteiger partial charge is 0.452 e. The van der Waals surface area contributed by atoms with Crippen molar-refractivity contribution in [3.8, 4) is 0 Å². The van der Waals surface area contributed by atoms with Gasteiger partial charge in [-0.05, 0) is 31.0 Å². The van der Waals surface area contributed by atoms with Crippen LogP contribution in [0.5, 0.6) is 0 Å². The fourth-order valence-electron chi connectivity index (χ4n) is 3.34. The smallest absolute Gasteiger partial charge is 0.338 e. The zero-order valence-corrected chi connectivity index (χ0v) is 18.0. The van der Waals surface area contributed by atoms with Crippen LogP contribution in [0.3, 0.4) is 0 Å². The number of amides is 1. The predicted octanol–water partition coefficient (Wildman–Crippen LogP) is 2.13. The molecule has 7 nitrogen and oxygen atoms in total. The summed E-state index contributed by atoms with van der Waals surface area (Å²) >= 11 is 0. The van der Waals surface area contributed by atoms with Crippen LogP contribution < -0.4 is 0 Å². The van der Waals surface area contributed by atoms with Gasteiger partial charge in [0.05, 0.1) is 11.3 Å². The van der Waals surface area contributed by atoms with Gasteiger partial charge in [-0.1, -0.05) is 48.0 Å². The van der Waals surface area contributed by atoms with E-state index >= 15 is 0 Å². The highest BCUT2D eigenvalue weighted by Crippen LogP contribution is 2.15. The zero-order valence-electron chi connectivity index (χ0n) is 17.2. The molecule has 0 atom stereocenters. The lowest BCUT2D eigenvalue weighted by atomic mass is 10.1. The summed E-state index contributed by atoms with van der Waals surface area (Å²) in [6, 6.07) is 14.5. The topological polar surface area (TPSA) is 84.0 Å². The fraction of sp³-hybridized carbons (Fsp3) is 0.364. The summed E-state index contributed by atoms with van der Waals surface area (Å²) in [5, 5.41) is 0. The number of benzene rings is 2. The van der Waals surface area contributed by atoms with Crippen molar-refractivity contribution < 1.29 is 22.7 Å².